The number of carbonyl (C=O) groups excluding carboxylic acids is 2. The fourth-order valence-corrected chi connectivity index (χ4v) is 2.90. The average molecular weight is 354 g/mol. The molecule has 0 atom stereocenters. The van der Waals surface area contributed by atoms with Crippen LogP contribution in [0, 0.1) is 6.92 Å². The highest BCUT2D eigenvalue weighted by atomic mass is 16.5. The van der Waals surface area contributed by atoms with Crippen LogP contribution in [0.15, 0.2) is 36.5 Å². The second kappa shape index (κ2) is 7.86. The highest BCUT2D eigenvalue weighted by Crippen LogP contribution is 2.26. The lowest BCUT2D eigenvalue weighted by atomic mass is 10.2. The summed E-state index contributed by atoms with van der Waals surface area (Å²) >= 11 is 0. The third kappa shape index (κ3) is 3.93. The summed E-state index contributed by atoms with van der Waals surface area (Å²) in [6, 6.07) is 9.09. The maximum absolute atomic E-state index is 12.7. The number of anilines is 2. The molecule has 3 rings (SSSR count). The lowest BCUT2D eigenvalue weighted by molar-refractivity contribution is -0.118. The maximum Gasteiger partial charge on any atom is 0.255 e. The molecule has 1 aliphatic heterocycles. The van der Waals surface area contributed by atoms with E-state index in [1.165, 1.54) is 0 Å². The zero-order chi connectivity index (χ0) is 18.5. The van der Waals surface area contributed by atoms with Crippen molar-refractivity contribution in [2.75, 3.05) is 43.5 Å². The first-order valence-electron chi connectivity index (χ1n) is 8.47. The number of hydrogen-bond donors (Lipinski definition) is 1. The van der Waals surface area contributed by atoms with Gasteiger partial charge < -0.3 is 19.9 Å². The Hall–Kier alpha value is -3.09. The fraction of sp³-hybridized carbons (Fsp3) is 0.316. The minimum absolute atomic E-state index is 0.218. The summed E-state index contributed by atoms with van der Waals surface area (Å²) in [5, 5.41) is 2.90. The van der Waals surface area contributed by atoms with Crippen molar-refractivity contribution in [3.8, 4) is 5.75 Å². The molecule has 26 heavy (non-hydrogen) atoms. The van der Waals surface area contributed by atoms with Gasteiger partial charge >= 0.3 is 0 Å². The maximum atomic E-state index is 12.7. The number of nitrogens with one attached hydrogen (secondary N) is 1. The number of amides is 2. The second-order valence-electron chi connectivity index (χ2n) is 6.19. The lowest BCUT2D eigenvalue weighted by Gasteiger charge is -2.33. The van der Waals surface area contributed by atoms with Gasteiger partial charge in [0.25, 0.3) is 5.91 Å². The predicted octanol–water partition coefficient (Wildman–Crippen LogP) is 1.93. The number of hydrogen-bond acceptors (Lipinski definition) is 5. The van der Waals surface area contributed by atoms with Gasteiger partial charge in [0.05, 0.1) is 12.8 Å². The zero-order valence-electron chi connectivity index (χ0n) is 14.9. The van der Waals surface area contributed by atoms with Gasteiger partial charge in [-0.3, -0.25) is 9.59 Å². The molecule has 0 bridgehead atoms. The van der Waals surface area contributed by atoms with Gasteiger partial charge in [0.2, 0.25) is 6.41 Å². The number of aromatic nitrogens is 1. The Morgan fingerprint density at radius 1 is 1.19 bits per heavy atom. The number of methoxy groups -OCH3 is 1. The van der Waals surface area contributed by atoms with E-state index in [0.717, 1.165) is 17.8 Å². The first kappa shape index (κ1) is 17.7. The minimum atomic E-state index is -0.218. The van der Waals surface area contributed by atoms with Crippen LogP contribution < -0.4 is 15.0 Å². The van der Waals surface area contributed by atoms with E-state index < -0.39 is 0 Å². The SMILES string of the molecule is COc1ccc(C)cc1NC(=O)c1ccnc(N2CCN(C=O)CC2)c1. The molecule has 0 radical (unpaired) electrons. The first-order chi connectivity index (χ1) is 12.6. The monoisotopic (exact) mass is 354 g/mol. The van der Waals surface area contributed by atoms with Gasteiger partial charge in [-0.05, 0) is 36.8 Å². The normalized spacial score (nSPS) is 14.1. The van der Waals surface area contributed by atoms with Crippen LogP contribution >= 0.6 is 0 Å². The molecule has 7 nitrogen and oxygen atoms in total. The third-order valence-corrected chi connectivity index (χ3v) is 4.40. The van der Waals surface area contributed by atoms with Crippen LogP contribution in [0.4, 0.5) is 11.5 Å². The first-order valence-corrected chi connectivity index (χ1v) is 8.47. The van der Waals surface area contributed by atoms with E-state index >= 15 is 0 Å². The van der Waals surface area contributed by atoms with Crippen LogP contribution in [0.25, 0.3) is 0 Å². The van der Waals surface area contributed by atoms with Crippen LogP contribution in [0.5, 0.6) is 5.75 Å². The largest absolute Gasteiger partial charge is 0.495 e. The van der Waals surface area contributed by atoms with Gasteiger partial charge in [0.1, 0.15) is 11.6 Å². The molecule has 0 spiro atoms. The molecule has 1 saturated heterocycles. The molecular weight excluding hydrogens is 332 g/mol. The third-order valence-electron chi connectivity index (χ3n) is 4.40. The fourth-order valence-electron chi connectivity index (χ4n) is 2.90. The number of aryl methyl sites for hydroxylation is 1. The number of rotatable bonds is 5. The molecule has 0 unspecified atom stereocenters. The summed E-state index contributed by atoms with van der Waals surface area (Å²) in [6.45, 7) is 4.66. The van der Waals surface area contributed by atoms with E-state index in [-0.39, 0.29) is 5.91 Å². The summed E-state index contributed by atoms with van der Waals surface area (Å²) in [6.07, 6.45) is 2.49. The topological polar surface area (TPSA) is 74.8 Å². The molecule has 136 valence electrons. The van der Waals surface area contributed by atoms with E-state index in [2.05, 4.69) is 15.2 Å². The molecule has 7 heteroatoms. The Morgan fingerprint density at radius 3 is 2.65 bits per heavy atom. The van der Waals surface area contributed by atoms with Crippen molar-refractivity contribution in [2.24, 2.45) is 0 Å². The summed E-state index contributed by atoms with van der Waals surface area (Å²) in [7, 11) is 1.57. The van der Waals surface area contributed by atoms with Crippen molar-refractivity contribution >= 4 is 23.8 Å². The second-order valence-corrected chi connectivity index (χ2v) is 6.19. The van der Waals surface area contributed by atoms with Crippen LogP contribution in [-0.4, -0.2) is 55.5 Å². The standard InChI is InChI=1S/C19H22N4O3/c1-14-3-4-17(26-2)16(11-14)21-19(25)15-5-6-20-18(12-15)23-9-7-22(13-24)8-10-23/h3-6,11-13H,7-10H2,1-2H3,(H,21,25). The molecule has 2 amide bonds. The van der Waals surface area contributed by atoms with Crippen molar-refractivity contribution in [1.82, 2.24) is 9.88 Å². The Morgan fingerprint density at radius 2 is 1.96 bits per heavy atom. The number of pyridine rings is 1. The van der Waals surface area contributed by atoms with Crippen molar-refractivity contribution in [1.29, 1.82) is 0 Å². The molecule has 0 aliphatic carbocycles. The number of carbonyl (C=O) groups is 2. The van der Waals surface area contributed by atoms with Gasteiger partial charge in [-0.25, -0.2) is 4.98 Å². The average Bonchev–Trinajstić information content (AvgIpc) is 2.68. The summed E-state index contributed by atoms with van der Waals surface area (Å²) in [5.41, 5.74) is 2.19. The zero-order valence-corrected chi connectivity index (χ0v) is 14.9. The summed E-state index contributed by atoms with van der Waals surface area (Å²) < 4.78 is 5.31. The predicted molar refractivity (Wildman–Crippen MR) is 99.8 cm³/mol. The van der Waals surface area contributed by atoms with E-state index in [1.807, 2.05) is 25.1 Å². The van der Waals surface area contributed by atoms with Crippen LogP contribution in [-0.2, 0) is 4.79 Å². The Bertz CT molecular complexity index is 801. The van der Waals surface area contributed by atoms with Crippen LogP contribution in [0.2, 0.25) is 0 Å². The van der Waals surface area contributed by atoms with E-state index in [4.69, 9.17) is 4.74 Å². The number of nitrogens with zero attached hydrogens (tertiary/aromatic N) is 3. The highest BCUT2D eigenvalue weighted by Gasteiger charge is 2.18. The van der Waals surface area contributed by atoms with E-state index in [9.17, 15) is 9.59 Å². The van der Waals surface area contributed by atoms with Gasteiger partial charge in [0.15, 0.2) is 0 Å². The number of piperazine rings is 1. The highest BCUT2D eigenvalue weighted by molar-refractivity contribution is 6.05. The lowest BCUT2D eigenvalue weighted by Crippen LogP contribution is -2.46. The molecular formula is C19H22N4O3. The molecule has 1 N–H and O–H groups in total. The Labute approximate surface area is 152 Å². The smallest absolute Gasteiger partial charge is 0.255 e. The van der Waals surface area contributed by atoms with E-state index in [1.54, 1.807) is 30.3 Å². The summed E-state index contributed by atoms with van der Waals surface area (Å²) in [4.78, 5) is 31.7. The quantitative estimate of drug-likeness (QED) is 0.831. The van der Waals surface area contributed by atoms with Crippen molar-refractivity contribution in [3.05, 3.63) is 47.7 Å². The van der Waals surface area contributed by atoms with Crippen molar-refractivity contribution in [3.63, 3.8) is 0 Å². The molecule has 1 fully saturated rings. The van der Waals surface area contributed by atoms with Gasteiger partial charge in [-0.1, -0.05) is 6.07 Å². The molecule has 2 aromatic rings. The Balaban J connectivity index is 1.75. The number of benzene rings is 1. The van der Waals surface area contributed by atoms with Crippen molar-refractivity contribution in [2.45, 2.75) is 6.92 Å². The van der Waals surface area contributed by atoms with Crippen molar-refractivity contribution < 1.29 is 14.3 Å². The van der Waals surface area contributed by atoms with Gasteiger partial charge in [0, 0.05) is 37.9 Å². The van der Waals surface area contributed by atoms with E-state index in [0.29, 0.717) is 43.2 Å². The minimum Gasteiger partial charge on any atom is -0.495 e. The summed E-state index contributed by atoms with van der Waals surface area (Å²) in [5.74, 6) is 1.13. The molecule has 2 heterocycles. The van der Waals surface area contributed by atoms with Crippen LogP contribution in [0.3, 0.4) is 0 Å². The number of ether oxygens (including phenoxy) is 1. The molecule has 1 aromatic carbocycles. The molecule has 0 saturated carbocycles. The van der Waals surface area contributed by atoms with Gasteiger partial charge in [-0.2, -0.15) is 0 Å². The molecule has 1 aliphatic rings. The van der Waals surface area contributed by atoms with Gasteiger partial charge in [-0.15, -0.1) is 0 Å². The Kier molecular flexibility index (Phi) is 5.36. The van der Waals surface area contributed by atoms with Crippen LogP contribution in [0.1, 0.15) is 15.9 Å². The molecule has 1 aromatic heterocycles.